The number of para-hydroxylation sites is 1. The van der Waals surface area contributed by atoms with E-state index in [1.54, 1.807) is 36.4 Å². The van der Waals surface area contributed by atoms with Crippen molar-refractivity contribution in [3.63, 3.8) is 0 Å². The van der Waals surface area contributed by atoms with Crippen molar-refractivity contribution in [1.29, 1.82) is 0 Å². The van der Waals surface area contributed by atoms with Crippen molar-refractivity contribution in [1.82, 2.24) is 5.48 Å². The lowest BCUT2D eigenvalue weighted by Gasteiger charge is -2.03. The van der Waals surface area contributed by atoms with E-state index in [2.05, 4.69) is 4.57 Å². The van der Waals surface area contributed by atoms with E-state index >= 15 is 0 Å². The van der Waals surface area contributed by atoms with E-state index in [4.69, 9.17) is 20.4 Å². The predicted octanol–water partition coefficient (Wildman–Crippen LogP) is -0.572. The Labute approximate surface area is 128 Å². The Morgan fingerprint density at radius 2 is 1.68 bits per heavy atom. The molecule has 0 saturated carbocycles. The predicted molar refractivity (Wildman–Crippen MR) is 80.5 cm³/mol. The Kier molecular flexibility index (Phi) is 7.73. The topological polar surface area (TPSA) is 119 Å². The van der Waals surface area contributed by atoms with Gasteiger partial charge in [0.15, 0.2) is 0 Å². The molecule has 2 aromatic carbocycles. The number of amides is 1. The first-order chi connectivity index (χ1) is 10.6. The van der Waals surface area contributed by atoms with Gasteiger partial charge in [-0.3, -0.25) is 10.0 Å². The molecular formula is C13H14B2NO6. The van der Waals surface area contributed by atoms with Gasteiger partial charge in [0.25, 0.3) is 5.91 Å². The van der Waals surface area contributed by atoms with Crippen LogP contribution in [0.15, 0.2) is 54.6 Å². The summed E-state index contributed by atoms with van der Waals surface area (Å²) in [5.74, 6) is -0.873. The van der Waals surface area contributed by atoms with E-state index < -0.39 is 13.0 Å². The van der Waals surface area contributed by atoms with Crippen LogP contribution in [-0.4, -0.2) is 41.1 Å². The lowest BCUT2D eigenvalue weighted by Crippen LogP contribution is -2.34. The van der Waals surface area contributed by atoms with Gasteiger partial charge in [0.05, 0.1) is 5.56 Å². The van der Waals surface area contributed by atoms with Crippen molar-refractivity contribution in [3.8, 4) is 5.75 Å². The maximum atomic E-state index is 10.7. The van der Waals surface area contributed by atoms with Gasteiger partial charge in [-0.1, -0.05) is 42.5 Å². The minimum Gasteiger partial charge on any atom is -0.507 e. The van der Waals surface area contributed by atoms with Gasteiger partial charge in [0.1, 0.15) is 5.75 Å². The van der Waals surface area contributed by atoms with Crippen molar-refractivity contribution < 1.29 is 29.7 Å². The third-order valence-electron chi connectivity index (χ3n) is 2.52. The summed E-state index contributed by atoms with van der Waals surface area (Å²) in [6.45, 7) is 0. The van der Waals surface area contributed by atoms with Crippen molar-refractivity contribution in [2.45, 2.75) is 0 Å². The molecule has 9 heteroatoms. The van der Waals surface area contributed by atoms with Crippen LogP contribution in [0.2, 0.25) is 0 Å². The van der Waals surface area contributed by atoms with Crippen molar-refractivity contribution in [2.75, 3.05) is 0 Å². The van der Waals surface area contributed by atoms with E-state index in [0.29, 0.717) is 13.1 Å². The lowest BCUT2D eigenvalue weighted by atomic mass is 9.78. The lowest BCUT2D eigenvalue weighted by molar-refractivity contribution is 0.0703. The first-order valence-electron chi connectivity index (χ1n) is 6.17. The number of hydrogen-bond donors (Lipinski definition) is 5. The monoisotopic (exact) mass is 302 g/mol. The molecule has 0 unspecified atom stereocenters. The van der Waals surface area contributed by atoms with E-state index in [1.807, 2.05) is 6.07 Å². The molecule has 2 rings (SSSR count). The van der Waals surface area contributed by atoms with Crippen LogP contribution >= 0.6 is 0 Å². The molecule has 0 atom stereocenters. The second-order valence-electron chi connectivity index (χ2n) is 3.96. The van der Waals surface area contributed by atoms with Crippen LogP contribution < -0.4 is 10.9 Å². The van der Waals surface area contributed by atoms with Gasteiger partial charge in [0, 0.05) is 0 Å². The van der Waals surface area contributed by atoms with Gasteiger partial charge in [-0.2, -0.15) is 0 Å². The van der Waals surface area contributed by atoms with Gasteiger partial charge in [-0.05, 0) is 17.6 Å². The molecule has 1 amide bonds. The summed E-state index contributed by atoms with van der Waals surface area (Å²) in [5.41, 5.74) is 2.08. The summed E-state index contributed by atoms with van der Waals surface area (Å²) in [4.78, 5) is 10.7. The largest absolute Gasteiger partial charge is 0.507 e. The first kappa shape index (κ1) is 17.7. The van der Waals surface area contributed by atoms with Crippen molar-refractivity contribution in [2.24, 2.45) is 0 Å². The molecule has 0 bridgehead atoms. The van der Waals surface area contributed by atoms with Crippen LogP contribution in [0.1, 0.15) is 10.4 Å². The van der Waals surface area contributed by atoms with Crippen molar-refractivity contribution in [3.05, 3.63) is 60.2 Å². The molecule has 0 aliphatic rings. The Bertz CT molecular complexity index is 584. The standard InChI is InChI=1S/C7H7NO3.C6H7B2O3/c9-6-4-2-1-3-5(6)7(10)8-11;9-7-11-8(10)6-4-2-1-3-5-6/h1-4,9,11H,(H,8,10);1-5,9-10H. The van der Waals surface area contributed by atoms with Crippen LogP contribution in [0.4, 0.5) is 0 Å². The molecule has 0 saturated heterocycles. The van der Waals surface area contributed by atoms with E-state index in [0.717, 1.165) is 0 Å². The maximum absolute atomic E-state index is 10.7. The number of hydroxylamine groups is 1. The Hall–Kier alpha value is -2.32. The Morgan fingerprint density at radius 3 is 2.23 bits per heavy atom. The molecular weight excluding hydrogens is 288 g/mol. The van der Waals surface area contributed by atoms with Crippen LogP contribution in [0.25, 0.3) is 0 Å². The van der Waals surface area contributed by atoms with Gasteiger partial charge in [-0.25, -0.2) is 5.48 Å². The molecule has 0 aliphatic heterocycles. The number of rotatable bonds is 4. The van der Waals surface area contributed by atoms with Gasteiger partial charge in [0.2, 0.25) is 0 Å². The average molecular weight is 302 g/mol. The maximum Gasteiger partial charge on any atom is 0.477 e. The molecule has 113 valence electrons. The quantitative estimate of drug-likeness (QED) is 0.293. The Morgan fingerprint density at radius 1 is 1.09 bits per heavy atom. The number of nitrogens with one attached hydrogen (secondary N) is 1. The van der Waals surface area contributed by atoms with E-state index in [9.17, 15) is 4.79 Å². The Balaban J connectivity index is 0.000000220. The molecule has 0 aromatic heterocycles. The zero-order valence-electron chi connectivity index (χ0n) is 11.5. The van der Waals surface area contributed by atoms with Crippen LogP contribution in [0, 0.1) is 0 Å². The zero-order valence-corrected chi connectivity index (χ0v) is 11.5. The summed E-state index contributed by atoms with van der Waals surface area (Å²) < 4.78 is 4.41. The second kappa shape index (κ2) is 9.59. The highest BCUT2D eigenvalue weighted by molar-refractivity contribution is 6.63. The fourth-order valence-corrected chi connectivity index (χ4v) is 1.48. The third kappa shape index (κ3) is 5.58. The highest BCUT2D eigenvalue weighted by Gasteiger charge is 2.14. The SMILES string of the molecule is O=C(NO)c1ccccc1O.O[B]OB(O)c1ccccc1. The number of phenols is 1. The van der Waals surface area contributed by atoms with Crippen LogP contribution in [0.3, 0.4) is 0 Å². The third-order valence-corrected chi connectivity index (χ3v) is 2.52. The second-order valence-corrected chi connectivity index (χ2v) is 3.96. The van der Waals surface area contributed by atoms with Crippen LogP contribution in [-0.2, 0) is 4.57 Å². The summed E-state index contributed by atoms with van der Waals surface area (Å²) in [7, 11) is -0.612. The highest BCUT2D eigenvalue weighted by Crippen LogP contribution is 2.14. The molecule has 0 fully saturated rings. The number of carbonyl (C=O) groups is 1. The molecule has 2 aromatic rings. The fraction of sp³-hybridized carbons (Fsp3) is 0. The van der Waals surface area contributed by atoms with Crippen LogP contribution in [0.5, 0.6) is 5.75 Å². The van der Waals surface area contributed by atoms with E-state index in [-0.39, 0.29) is 11.3 Å². The molecule has 22 heavy (non-hydrogen) atoms. The summed E-state index contributed by atoms with van der Waals surface area (Å²) in [5, 5.41) is 34.5. The summed E-state index contributed by atoms with van der Waals surface area (Å²) in [6.07, 6.45) is 0. The fourth-order valence-electron chi connectivity index (χ4n) is 1.48. The number of carbonyl (C=O) groups excluding carboxylic acids is 1. The van der Waals surface area contributed by atoms with Crippen molar-refractivity contribution >= 4 is 26.2 Å². The minimum atomic E-state index is -1.08. The molecule has 0 aliphatic carbocycles. The number of phenolic OH excluding ortho intramolecular Hbond substituents is 1. The average Bonchev–Trinajstić information content (AvgIpc) is 2.56. The van der Waals surface area contributed by atoms with Gasteiger partial charge in [-0.15, -0.1) is 0 Å². The molecule has 0 spiro atoms. The molecule has 7 nitrogen and oxygen atoms in total. The first-order valence-corrected chi connectivity index (χ1v) is 6.17. The minimum absolute atomic E-state index is 0.0509. The smallest absolute Gasteiger partial charge is 0.477 e. The number of benzene rings is 2. The number of aromatic hydroxyl groups is 1. The normalized spacial score (nSPS) is 9.23. The van der Waals surface area contributed by atoms with Gasteiger partial charge < -0.3 is 19.7 Å². The number of hydrogen-bond acceptors (Lipinski definition) is 6. The zero-order chi connectivity index (χ0) is 16.4. The van der Waals surface area contributed by atoms with E-state index in [1.165, 1.54) is 17.6 Å². The highest BCUT2D eigenvalue weighted by atomic mass is 16.5. The summed E-state index contributed by atoms with van der Waals surface area (Å²) >= 11 is 0. The van der Waals surface area contributed by atoms with Gasteiger partial charge >= 0.3 is 14.8 Å². The molecule has 1 radical (unpaired) electrons. The molecule has 5 N–H and O–H groups in total. The summed E-state index contributed by atoms with van der Waals surface area (Å²) in [6, 6.07) is 14.7. The molecule has 0 heterocycles.